The normalized spacial score (nSPS) is 11.7. The molecule has 0 saturated carbocycles. The number of carbonyl (C=O) groups excluding carboxylic acids is 1. The van der Waals surface area contributed by atoms with Crippen LogP contribution in [0.1, 0.15) is 34.6 Å². The Balaban J connectivity index is 2.75. The highest BCUT2D eigenvalue weighted by molar-refractivity contribution is 6.28. The molecule has 0 aliphatic heterocycles. The molecule has 10 heteroatoms. The molecule has 1 heterocycles. The van der Waals surface area contributed by atoms with Crippen LogP contribution in [0.3, 0.4) is 0 Å². The van der Waals surface area contributed by atoms with Gasteiger partial charge in [0.05, 0.1) is 11.5 Å². The molecule has 0 fully saturated rings. The molecule has 0 unspecified atom stereocenters. The van der Waals surface area contributed by atoms with Crippen molar-refractivity contribution in [3.05, 3.63) is 21.6 Å². The van der Waals surface area contributed by atoms with E-state index >= 15 is 0 Å². The van der Waals surface area contributed by atoms with Crippen molar-refractivity contribution >= 4 is 29.2 Å². The molecule has 1 rings (SSSR count). The Bertz CT molecular complexity index is 601. The summed E-state index contributed by atoms with van der Waals surface area (Å²) in [5.41, 5.74) is -1.68. The number of halogens is 1. The van der Waals surface area contributed by atoms with Crippen LogP contribution in [-0.4, -0.2) is 38.7 Å². The summed E-state index contributed by atoms with van der Waals surface area (Å²) in [5, 5.41) is 16.2. The quantitative estimate of drug-likeness (QED) is 0.478. The van der Waals surface area contributed by atoms with Crippen LogP contribution in [0, 0.1) is 10.1 Å². The number of ether oxygens (including phenoxy) is 1. The van der Waals surface area contributed by atoms with Gasteiger partial charge in [0.1, 0.15) is 11.8 Å². The Morgan fingerprint density at radius 1 is 1.39 bits per heavy atom. The topological polar surface area (TPSA) is 119 Å². The molecule has 23 heavy (non-hydrogen) atoms. The maximum absolute atomic E-state index is 11.8. The molecule has 1 aromatic heterocycles. The molecule has 1 aromatic rings. The zero-order chi connectivity index (χ0) is 17.8. The third-order valence-corrected chi connectivity index (χ3v) is 2.65. The molecule has 0 spiro atoms. The van der Waals surface area contributed by atoms with Crippen molar-refractivity contribution in [2.24, 2.45) is 0 Å². The molecule has 0 aliphatic rings. The minimum atomic E-state index is -0.930. The lowest BCUT2D eigenvalue weighted by Crippen LogP contribution is -2.46. The van der Waals surface area contributed by atoms with Gasteiger partial charge in [-0.15, -0.1) is 0 Å². The molecule has 0 atom stereocenters. The highest BCUT2D eigenvalue weighted by Crippen LogP contribution is 2.23. The van der Waals surface area contributed by atoms with Gasteiger partial charge >= 0.3 is 11.8 Å². The van der Waals surface area contributed by atoms with Gasteiger partial charge in [0, 0.05) is 5.54 Å². The number of nitrogens with zero attached hydrogens (tertiary/aromatic N) is 3. The zero-order valence-corrected chi connectivity index (χ0v) is 14.4. The number of amides is 1. The van der Waals surface area contributed by atoms with Gasteiger partial charge < -0.3 is 15.4 Å². The van der Waals surface area contributed by atoms with Crippen molar-refractivity contribution in [3.63, 3.8) is 0 Å². The zero-order valence-electron chi connectivity index (χ0n) is 13.6. The van der Waals surface area contributed by atoms with E-state index < -0.39 is 22.2 Å². The Hall–Kier alpha value is -2.16. The highest BCUT2D eigenvalue weighted by atomic mass is 35.5. The second-order valence-corrected chi connectivity index (χ2v) is 6.85. The van der Waals surface area contributed by atoms with Crippen molar-refractivity contribution < 1.29 is 14.5 Å². The van der Waals surface area contributed by atoms with Crippen LogP contribution >= 0.6 is 11.6 Å². The third-order valence-electron chi connectivity index (χ3n) is 2.46. The SMILES string of the molecule is CC(C)(C)NC(=O)OC(C)(C)CNc1nc(Cl)ncc1[N+](=O)[O-]. The molecule has 0 saturated heterocycles. The number of rotatable bonds is 5. The van der Waals surface area contributed by atoms with E-state index in [1.165, 1.54) is 0 Å². The molecule has 9 nitrogen and oxygen atoms in total. The molecule has 0 radical (unpaired) electrons. The summed E-state index contributed by atoms with van der Waals surface area (Å²) in [5.74, 6) is -0.0390. The van der Waals surface area contributed by atoms with Crippen LogP contribution in [0.5, 0.6) is 0 Å². The highest BCUT2D eigenvalue weighted by Gasteiger charge is 2.27. The van der Waals surface area contributed by atoms with Crippen LogP contribution < -0.4 is 10.6 Å². The van der Waals surface area contributed by atoms with Crippen molar-refractivity contribution in [3.8, 4) is 0 Å². The van der Waals surface area contributed by atoms with Crippen LogP contribution in [0.4, 0.5) is 16.3 Å². The third kappa shape index (κ3) is 6.64. The molecule has 0 aromatic carbocycles. The average Bonchev–Trinajstić information content (AvgIpc) is 2.33. The summed E-state index contributed by atoms with van der Waals surface area (Å²) in [7, 11) is 0. The molecule has 2 N–H and O–H groups in total. The number of aromatic nitrogens is 2. The lowest BCUT2D eigenvalue weighted by Gasteiger charge is -2.28. The first kappa shape index (κ1) is 18.9. The standard InChI is InChI=1S/C13H20ClN5O4/c1-12(2,3)18-11(20)23-13(4,5)7-16-9-8(19(21)22)6-15-10(14)17-9/h6H,7H2,1-5H3,(H,18,20)(H,15,16,17). The molecule has 128 valence electrons. The van der Waals surface area contributed by atoms with Gasteiger partial charge in [0.15, 0.2) is 0 Å². The van der Waals surface area contributed by atoms with Crippen molar-refractivity contribution in [1.29, 1.82) is 0 Å². The van der Waals surface area contributed by atoms with Gasteiger partial charge in [-0.3, -0.25) is 10.1 Å². The first-order valence-corrected chi connectivity index (χ1v) is 7.19. The molecular formula is C13H20ClN5O4. The monoisotopic (exact) mass is 345 g/mol. The fourth-order valence-electron chi connectivity index (χ4n) is 1.53. The molecule has 0 aliphatic carbocycles. The lowest BCUT2D eigenvalue weighted by atomic mass is 10.1. The summed E-state index contributed by atoms with van der Waals surface area (Å²) in [6, 6.07) is 0. The second-order valence-electron chi connectivity index (χ2n) is 6.51. The summed E-state index contributed by atoms with van der Waals surface area (Å²) < 4.78 is 5.31. The van der Waals surface area contributed by atoms with E-state index in [0.29, 0.717) is 0 Å². The number of alkyl carbamates (subject to hydrolysis) is 1. The lowest BCUT2D eigenvalue weighted by molar-refractivity contribution is -0.384. The smallest absolute Gasteiger partial charge is 0.408 e. The number of carbonyl (C=O) groups is 1. The average molecular weight is 346 g/mol. The van der Waals surface area contributed by atoms with Gasteiger partial charge in [-0.2, -0.15) is 4.98 Å². The molecule has 0 bridgehead atoms. The Labute approximate surface area is 138 Å². The van der Waals surface area contributed by atoms with Crippen LogP contribution in [0.15, 0.2) is 6.20 Å². The summed E-state index contributed by atoms with van der Waals surface area (Å²) in [6.45, 7) is 8.90. The second kappa shape index (κ2) is 6.95. The Morgan fingerprint density at radius 2 is 2.00 bits per heavy atom. The number of hydrogen-bond donors (Lipinski definition) is 2. The summed E-state index contributed by atoms with van der Waals surface area (Å²) in [4.78, 5) is 29.5. The minimum Gasteiger partial charge on any atom is -0.442 e. The fraction of sp³-hybridized carbons (Fsp3) is 0.615. The Morgan fingerprint density at radius 3 is 2.52 bits per heavy atom. The van der Waals surface area contributed by atoms with Crippen LogP contribution in [0.2, 0.25) is 5.28 Å². The van der Waals surface area contributed by atoms with Crippen molar-refractivity contribution in [2.75, 3.05) is 11.9 Å². The number of hydrogen-bond acceptors (Lipinski definition) is 7. The van der Waals surface area contributed by atoms with Crippen molar-refractivity contribution in [2.45, 2.75) is 45.8 Å². The Kier molecular flexibility index (Phi) is 5.70. The first-order chi connectivity index (χ1) is 10.4. The predicted molar refractivity (Wildman–Crippen MR) is 85.6 cm³/mol. The van der Waals surface area contributed by atoms with Gasteiger partial charge in [0.2, 0.25) is 11.1 Å². The van der Waals surface area contributed by atoms with Gasteiger partial charge in [-0.05, 0) is 46.2 Å². The van der Waals surface area contributed by atoms with E-state index in [0.717, 1.165) is 6.20 Å². The van der Waals surface area contributed by atoms with Crippen LogP contribution in [-0.2, 0) is 4.74 Å². The van der Waals surface area contributed by atoms with E-state index in [-0.39, 0.29) is 23.3 Å². The fourth-order valence-corrected chi connectivity index (χ4v) is 1.67. The molecular weight excluding hydrogens is 326 g/mol. The summed E-state index contributed by atoms with van der Waals surface area (Å²) in [6.07, 6.45) is 0.428. The first-order valence-electron chi connectivity index (χ1n) is 6.81. The van der Waals surface area contributed by atoms with E-state index in [1.54, 1.807) is 13.8 Å². The maximum atomic E-state index is 11.8. The van der Waals surface area contributed by atoms with E-state index in [1.807, 2.05) is 20.8 Å². The molecule has 1 amide bonds. The number of nitrogens with one attached hydrogen (secondary N) is 2. The maximum Gasteiger partial charge on any atom is 0.408 e. The van der Waals surface area contributed by atoms with Crippen LogP contribution in [0.25, 0.3) is 0 Å². The number of anilines is 1. The minimum absolute atomic E-state index is 0.0390. The largest absolute Gasteiger partial charge is 0.442 e. The van der Waals surface area contributed by atoms with E-state index in [4.69, 9.17) is 16.3 Å². The van der Waals surface area contributed by atoms with E-state index in [9.17, 15) is 14.9 Å². The van der Waals surface area contributed by atoms with Gasteiger partial charge in [-0.1, -0.05) is 0 Å². The van der Waals surface area contributed by atoms with Gasteiger partial charge in [-0.25, -0.2) is 9.78 Å². The summed E-state index contributed by atoms with van der Waals surface area (Å²) >= 11 is 5.65. The van der Waals surface area contributed by atoms with Crippen molar-refractivity contribution in [1.82, 2.24) is 15.3 Å². The predicted octanol–water partition coefficient (Wildman–Crippen LogP) is 2.75. The van der Waals surface area contributed by atoms with Gasteiger partial charge in [0.25, 0.3) is 0 Å². The van der Waals surface area contributed by atoms with E-state index in [2.05, 4.69) is 20.6 Å². The number of nitro groups is 1.